The number of halogens is 2. The molecule has 2 aromatic heterocycles. The van der Waals surface area contributed by atoms with Crippen LogP contribution in [0.15, 0.2) is 17.4 Å². The zero-order valence-electron chi connectivity index (χ0n) is 8.72. The molecule has 0 bridgehead atoms. The second-order valence-corrected chi connectivity index (χ2v) is 5.50. The van der Waals surface area contributed by atoms with Gasteiger partial charge in [-0.05, 0) is 13.0 Å². The fourth-order valence-electron chi connectivity index (χ4n) is 1.20. The van der Waals surface area contributed by atoms with Crippen LogP contribution in [0.5, 0.6) is 0 Å². The van der Waals surface area contributed by atoms with Gasteiger partial charge >= 0.3 is 0 Å². The Kier molecular flexibility index (Phi) is 3.46. The van der Waals surface area contributed by atoms with Gasteiger partial charge in [0.1, 0.15) is 0 Å². The molecule has 0 aliphatic rings. The van der Waals surface area contributed by atoms with Crippen LogP contribution in [0.4, 0.5) is 0 Å². The number of fused-ring (bicyclic) bond motifs is 1. The minimum atomic E-state index is -0.417. The second kappa shape index (κ2) is 4.72. The van der Waals surface area contributed by atoms with Crippen LogP contribution in [0.2, 0.25) is 10.0 Å². The van der Waals surface area contributed by atoms with Crippen molar-refractivity contribution < 1.29 is 4.79 Å². The van der Waals surface area contributed by atoms with E-state index >= 15 is 0 Å². The highest BCUT2D eigenvalue weighted by molar-refractivity contribution is 8.00. The van der Waals surface area contributed by atoms with Gasteiger partial charge in [-0.25, -0.2) is 0 Å². The molecule has 1 unspecified atom stereocenters. The molecule has 2 aromatic rings. The number of hydrogen-bond donors (Lipinski definition) is 1. The quantitative estimate of drug-likeness (QED) is 0.878. The fraction of sp³-hybridized carbons (Fsp3) is 0.222. The van der Waals surface area contributed by atoms with E-state index in [1.165, 1.54) is 11.8 Å². The highest BCUT2D eigenvalue weighted by Crippen LogP contribution is 2.27. The van der Waals surface area contributed by atoms with Gasteiger partial charge in [0.25, 0.3) is 0 Å². The third-order valence-corrected chi connectivity index (χ3v) is 3.64. The van der Waals surface area contributed by atoms with Gasteiger partial charge in [0, 0.05) is 6.20 Å². The highest BCUT2D eigenvalue weighted by Gasteiger charge is 2.16. The zero-order chi connectivity index (χ0) is 12.6. The number of nitrogens with zero attached hydrogens (tertiary/aromatic N) is 3. The Morgan fingerprint density at radius 2 is 2.24 bits per heavy atom. The number of amides is 1. The first-order valence-corrected chi connectivity index (χ1v) is 6.28. The molecule has 1 amide bonds. The largest absolute Gasteiger partial charge is 0.369 e. The van der Waals surface area contributed by atoms with Crippen molar-refractivity contribution in [2.24, 2.45) is 5.73 Å². The summed E-state index contributed by atoms with van der Waals surface area (Å²) >= 11 is 13.1. The molecular formula is C9H8Cl2N4OS. The third kappa shape index (κ3) is 2.48. The predicted octanol–water partition coefficient (Wildman–Crippen LogP) is 2.00. The lowest BCUT2D eigenvalue weighted by atomic mass is 10.5. The third-order valence-electron chi connectivity index (χ3n) is 2.08. The molecule has 2 heterocycles. The van der Waals surface area contributed by atoms with E-state index in [1.807, 2.05) is 0 Å². The van der Waals surface area contributed by atoms with Crippen LogP contribution in [-0.2, 0) is 4.79 Å². The van der Waals surface area contributed by atoms with E-state index in [1.54, 1.807) is 23.6 Å². The van der Waals surface area contributed by atoms with Gasteiger partial charge in [0.05, 0.1) is 15.3 Å². The lowest BCUT2D eigenvalue weighted by molar-refractivity contribution is -0.117. The zero-order valence-corrected chi connectivity index (χ0v) is 11.1. The van der Waals surface area contributed by atoms with Crippen molar-refractivity contribution in [3.05, 3.63) is 22.3 Å². The van der Waals surface area contributed by atoms with E-state index in [-0.39, 0.29) is 0 Å². The van der Waals surface area contributed by atoms with Crippen molar-refractivity contribution in [1.29, 1.82) is 0 Å². The Balaban J connectivity index is 2.45. The van der Waals surface area contributed by atoms with Crippen molar-refractivity contribution in [3.63, 3.8) is 0 Å². The molecular weight excluding hydrogens is 283 g/mol. The number of rotatable bonds is 3. The van der Waals surface area contributed by atoms with E-state index in [0.717, 1.165) is 0 Å². The summed E-state index contributed by atoms with van der Waals surface area (Å²) in [5.74, 6) is -0.417. The van der Waals surface area contributed by atoms with Crippen LogP contribution in [0, 0.1) is 0 Å². The van der Waals surface area contributed by atoms with E-state index < -0.39 is 11.2 Å². The van der Waals surface area contributed by atoms with E-state index in [9.17, 15) is 4.79 Å². The Hall–Kier alpha value is -0.980. The molecule has 2 N–H and O–H groups in total. The lowest BCUT2D eigenvalue weighted by Crippen LogP contribution is -2.22. The number of carbonyl (C=O) groups excluding carboxylic acids is 1. The van der Waals surface area contributed by atoms with Gasteiger partial charge in [-0.1, -0.05) is 35.0 Å². The molecule has 0 aliphatic heterocycles. The molecule has 2 rings (SSSR count). The Labute approximate surface area is 111 Å². The second-order valence-electron chi connectivity index (χ2n) is 3.34. The smallest absolute Gasteiger partial charge is 0.230 e. The number of primary amides is 1. The number of nitrogens with two attached hydrogens (primary N) is 1. The molecule has 1 atom stereocenters. The van der Waals surface area contributed by atoms with Crippen LogP contribution in [0.25, 0.3) is 5.65 Å². The van der Waals surface area contributed by atoms with Crippen molar-refractivity contribution in [2.75, 3.05) is 0 Å². The summed E-state index contributed by atoms with van der Waals surface area (Å²) in [5.41, 5.74) is 5.68. The number of aromatic nitrogens is 3. The van der Waals surface area contributed by atoms with Crippen LogP contribution in [0.3, 0.4) is 0 Å². The van der Waals surface area contributed by atoms with Crippen LogP contribution in [-0.4, -0.2) is 25.8 Å². The Bertz CT molecular complexity index is 586. The Morgan fingerprint density at radius 1 is 1.53 bits per heavy atom. The first kappa shape index (κ1) is 12.5. The summed E-state index contributed by atoms with van der Waals surface area (Å²) in [6.45, 7) is 1.69. The number of pyridine rings is 1. The van der Waals surface area contributed by atoms with Gasteiger partial charge in [-0.3, -0.25) is 9.20 Å². The minimum absolute atomic E-state index is 0.403. The average Bonchev–Trinajstić information content (AvgIpc) is 2.61. The molecule has 17 heavy (non-hydrogen) atoms. The summed E-state index contributed by atoms with van der Waals surface area (Å²) in [6.07, 6.45) is 1.64. The van der Waals surface area contributed by atoms with Crippen molar-refractivity contribution in [1.82, 2.24) is 14.6 Å². The Morgan fingerprint density at radius 3 is 2.88 bits per heavy atom. The number of thioether (sulfide) groups is 1. The summed E-state index contributed by atoms with van der Waals surface area (Å²) in [7, 11) is 0. The molecule has 0 aromatic carbocycles. The predicted molar refractivity (Wildman–Crippen MR) is 67.5 cm³/mol. The van der Waals surface area contributed by atoms with Crippen molar-refractivity contribution in [2.45, 2.75) is 17.3 Å². The number of carbonyl (C=O) groups is 1. The summed E-state index contributed by atoms with van der Waals surface area (Å²) in [5, 5.41) is 8.86. The van der Waals surface area contributed by atoms with E-state index in [2.05, 4.69) is 10.2 Å². The SMILES string of the molecule is CC(Sc1nnc2c(Cl)cc(Cl)cn12)C(N)=O. The fourth-order valence-corrected chi connectivity index (χ4v) is 2.48. The molecule has 0 radical (unpaired) electrons. The van der Waals surface area contributed by atoms with Crippen molar-refractivity contribution in [3.8, 4) is 0 Å². The summed E-state index contributed by atoms with van der Waals surface area (Å²) in [6, 6.07) is 1.58. The van der Waals surface area contributed by atoms with Crippen LogP contribution >= 0.6 is 35.0 Å². The first-order chi connectivity index (χ1) is 7.99. The molecule has 0 saturated heterocycles. The van der Waals surface area contributed by atoms with E-state index in [0.29, 0.717) is 20.8 Å². The minimum Gasteiger partial charge on any atom is -0.369 e. The lowest BCUT2D eigenvalue weighted by Gasteiger charge is -2.05. The highest BCUT2D eigenvalue weighted by atomic mass is 35.5. The van der Waals surface area contributed by atoms with Gasteiger partial charge in [-0.2, -0.15) is 0 Å². The molecule has 0 aliphatic carbocycles. The molecule has 0 spiro atoms. The molecule has 90 valence electrons. The van der Waals surface area contributed by atoms with Gasteiger partial charge in [0.15, 0.2) is 10.8 Å². The molecule has 0 saturated carbocycles. The number of hydrogen-bond acceptors (Lipinski definition) is 4. The monoisotopic (exact) mass is 290 g/mol. The molecule has 0 fully saturated rings. The maximum Gasteiger partial charge on any atom is 0.230 e. The first-order valence-electron chi connectivity index (χ1n) is 4.65. The summed E-state index contributed by atoms with van der Waals surface area (Å²) in [4.78, 5) is 11.0. The summed E-state index contributed by atoms with van der Waals surface area (Å²) < 4.78 is 1.63. The standard InChI is InChI=1S/C9H8Cl2N4OS/c1-4(7(12)16)17-9-14-13-8-6(11)2-5(10)3-15(8)9/h2-4H,1H3,(H2,12,16). The van der Waals surface area contributed by atoms with Gasteiger partial charge < -0.3 is 5.73 Å². The maximum absolute atomic E-state index is 11.0. The topological polar surface area (TPSA) is 73.3 Å². The van der Waals surface area contributed by atoms with Crippen LogP contribution < -0.4 is 5.73 Å². The van der Waals surface area contributed by atoms with Gasteiger partial charge in [-0.15, -0.1) is 10.2 Å². The van der Waals surface area contributed by atoms with E-state index in [4.69, 9.17) is 28.9 Å². The van der Waals surface area contributed by atoms with Gasteiger partial charge in [0.2, 0.25) is 5.91 Å². The van der Waals surface area contributed by atoms with Crippen molar-refractivity contribution >= 4 is 46.5 Å². The molecule has 8 heteroatoms. The maximum atomic E-state index is 11.0. The molecule has 5 nitrogen and oxygen atoms in total. The normalized spacial score (nSPS) is 12.9. The average molecular weight is 291 g/mol. The van der Waals surface area contributed by atoms with Crippen LogP contribution in [0.1, 0.15) is 6.92 Å².